The Bertz CT molecular complexity index is 727. The van der Waals surface area contributed by atoms with Crippen LogP contribution in [0.5, 0.6) is 0 Å². The molecule has 1 fully saturated rings. The highest BCUT2D eigenvalue weighted by atomic mass is 32.2. The maximum Gasteiger partial charge on any atom is 0.304 e. The molecule has 1 aliphatic rings. The molecule has 0 unspecified atom stereocenters. The van der Waals surface area contributed by atoms with Crippen LogP contribution in [0.3, 0.4) is 0 Å². The SMILES string of the molecule is CN(CCC(=O)O)CCC(=O)Nc1ccc(S(=O)(=O)N2CCCC2)cc1. The van der Waals surface area contributed by atoms with Crippen molar-refractivity contribution in [1.29, 1.82) is 0 Å². The minimum absolute atomic E-state index is 0.0328. The second-order valence-electron chi connectivity index (χ2n) is 6.38. The van der Waals surface area contributed by atoms with E-state index in [-0.39, 0.29) is 23.6 Å². The van der Waals surface area contributed by atoms with E-state index in [1.807, 2.05) is 0 Å². The predicted octanol–water partition coefficient (Wildman–Crippen LogP) is 1.21. The van der Waals surface area contributed by atoms with Crippen LogP contribution in [0.4, 0.5) is 5.69 Å². The quantitative estimate of drug-likeness (QED) is 0.664. The van der Waals surface area contributed by atoms with E-state index in [2.05, 4.69) is 5.32 Å². The van der Waals surface area contributed by atoms with Crippen molar-refractivity contribution in [3.63, 3.8) is 0 Å². The number of nitrogens with zero attached hydrogens (tertiary/aromatic N) is 2. The summed E-state index contributed by atoms with van der Waals surface area (Å²) in [5.41, 5.74) is 0.531. The molecule has 0 spiro atoms. The van der Waals surface area contributed by atoms with Crippen LogP contribution in [0.15, 0.2) is 29.2 Å². The molecule has 0 radical (unpaired) electrons. The number of amides is 1. The van der Waals surface area contributed by atoms with Crippen molar-refractivity contribution in [2.75, 3.05) is 38.5 Å². The maximum absolute atomic E-state index is 12.4. The average molecular weight is 383 g/mol. The van der Waals surface area contributed by atoms with Crippen molar-refractivity contribution in [2.45, 2.75) is 30.6 Å². The molecule has 144 valence electrons. The van der Waals surface area contributed by atoms with Gasteiger partial charge in [-0.15, -0.1) is 0 Å². The van der Waals surface area contributed by atoms with E-state index in [1.165, 1.54) is 16.4 Å². The first-order chi connectivity index (χ1) is 12.3. The van der Waals surface area contributed by atoms with Crippen molar-refractivity contribution in [2.24, 2.45) is 0 Å². The van der Waals surface area contributed by atoms with Gasteiger partial charge < -0.3 is 15.3 Å². The number of rotatable bonds is 9. The number of nitrogens with one attached hydrogen (secondary N) is 1. The molecule has 1 aliphatic heterocycles. The van der Waals surface area contributed by atoms with Gasteiger partial charge in [-0.05, 0) is 44.2 Å². The molecule has 1 heterocycles. The standard InChI is InChI=1S/C17H25N3O5S/c1-19(13-9-17(22)23)12-8-16(21)18-14-4-6-15(7-5-14)26(24,25)20-10-2-3-11-20/h4-7H,2-3,8-13H2,1H3,(H,18,21)(H,22,23). The zero-order chi connectivity index (χ0) is 19.2. The van der Waals surface area contributed by atoms with Crippen molar-refractivity contribution in [1.82, 2.24) is 9.21 Å². The van der Waals surface area contributed by atoms with Gasteiger partial charge in [0.15, 0.2) is 0 Å². The monoisotopic (exact) mass is 383 g/mol. The molecule has 9 heteroatoms. The lowest BCUT2D eigenvalue weighted by atomic mass is 10.3. The van der Waals surface area contributed by atoms with Crippen LogP contribution in [0.2, 0.25) is 0 Å². The number of hydrogen-bond acceptors (Lipinski definition) is 5. The van der Waals surface area contributed by atoms with Gasteiger partial charge in [-0.1, -0.05) is 0 Å². The third-order valence-electron chi connectivity index (χ3n) is 4.27. The Morgan fingerprint density at radius 2 is 1.69 bits per heavy atom. The first-order valence-electron chi connectivity index (χ1n) is 8.59. The Balaban J connectivity index is 1.84. The van der Waals surface area contributed by atoms with Gasteiger partial charge in [-0.2, -0.15) is 4.31 Å². The fourth-order valence-corrected chi connectivity index (χ4v) is 4.22. The van der Waals surface area contributed by atoms with Crippen LogP contribution < -0.4 is 5.32 Å². The summed E-state index contributed by atoms with van der Waals surface area (Å²) >= 11 is 0. The lowest BCUT2D eigenvalue weighted by molar-refractivity contribution is -0.137. The number of carboxylic acids is 1. The first kappa shape index (κ1) is 20.3. The number of sulfonamides is 1. The number of anilines is 1. The normalized spacial score (nSPS) is 15.3. The molecule has 0 aliphatic carbocycles. The summed E-state index contributed by atoms with van der Waals surface area (Å²) < 4.78 is 26.4. The van der Waals surface area contributed by atoms with E-state index in [9.17, 15) is 18.0 Å². The molecule has 26 heavy (non-hydrogen) atoms. The van der Waals surface area contributed by atoms with Crippen LogP contribution in [-0.2, 0) is 19.6 Å². The number of hydrogen-bond donors (Lipinski definition) is 2. The fraction of sp³-hybridized carbons (Fsp3) is 0.529. The van der Waals surface area contributed by atoms with E-state index in [0.29, 0.717) is 31.9 Å². The van der Waals surface area contributed by atoms with E-state index in [4.69, 9.17) is 5.11 Å². The van der Waals surface area contributed by atoms with Crippen LogP contribution >= 0.6 is 0 Å². The van der Waals surface area contributed by atoms with Crippen LogP contribution in [0.25, 0.3) is 0 Å². The Morgan fingerprint density at radius 3 is 2.27 bits per heavy atom. The molecule has 1 aromatic rings. The summed E-state index contributed by atoms with van der Waals surface area (Å²) in [7, 11) is -1.69. The summed E-state index contributed by atoms with van der Waals surface area (Å²) in [5, 5.41) is 11.4. The number of carbonyl (C=O) groups is 2. The molecule has 2 N–H and O–H groups in total. The molecule has 0 aromatic heterocycles. The van der Waals surface area contributed by atoms with E-state index in [0.717, 1.165) is 12.8 Å². The van der Waals surface area contributed by atoms with Gasteiger partial charge in [-0.25, -0.2) is 8.42 Å². The molecular weight excluding hydrogens is 358 g/mol. The molecule has 2 rings (SSSR count). The van der Waals surface area contributed by atoms with Gasteiger partial charge in [0.1, 0.15) is 0 Å². The summed E-state index contributed by atoms with van der Waals surface area (Å²) in [6.45, 7) is 1.93. The minimum Gasteiger partial charge on any atom is -0.481 e. The van der Waals surface area contributed by atoms with E-state index >= 15 is 0 Å². The maximum atomic E-state index is 12.4. The van der Waals surface area contributed by atoms with Gasteiger partial charge >= 0.3 is 5.97 Å². The highest BCUT2D eigenvalue weighted by Crippen LogP contribution is 2.22. The van der Waals surface area contributed by atoms with E-state index in [1.54, 1.807) is 24.1 Å². The smallest absolute Gasteiger partial charge is 0.304 e. The predicted molar refractivity (Wildman–Crippen MR) is 97.4 cm³/mol. The first-order valence-corrected chi connectivity index (χ1v) is 10.0. The van der Waals surface area contributed by atoms with Crippen LogP contribution in [0, 0.1) is 0 Å². The summed E-state index contributed by atoms with van der Waals surface area (Å²) in [5.74, 6) is -1.08. The third-order valence-corrected chi connectivity index (χ3v) is 6.18. The highest BCUT2D eigenvalue weighted by molar-refractivity contribution is 7.89. The molecule has 1 amide bonds. The molecule has 0 atom stereocenters. The number of carbonyl (C=O) groups excluding carboxylic acids is 1. The van der Waals surface area contributed by atoms with Gasteiger partial charge in [0.2, 0.25) is 15.9 Å². The Labute approximate surface area is 153 Å². The third kappa shape index (κ3) is 5.79. The topological polar surface area (TPSA) is 107 Å². The summed E-state index contributed by atoms with van der Waals surface area (Å²) in [6.07, 6.45) is 2.03. The summed E-state index contributed by atoms with van der Waals surface area (Å²) in [6, 6.07) is 6.16. The molecule has 0 saturated carbocycles. The average Bonchev–Trinajstić information content (AvgIpc) is 3.14. The lowest BCUT2D eigenvalue weighted by Gasteiger charge is -2.16. The molecule has 1 saturated heterocycles. The van der Waals surface area contributed by atoms with Crippen molar-refractivity contribution < 1.29 is 23.1 Å². The number of benzene rings is 1. The molecule has 0 bridgehead atoms. The summed E-state index contributed by atoms with van der Waals surface area (Å²) in [4.78, 5) is 24.5. The van der Waals surface area contributed by atoms with Crippen LogP contribution in [-0.4, -0.2) is 67.8 Å². The zero-order valence-electron chi connectivity index (χ0n) is 14.8. The second-order valence-corrected chi connectivity index (χ2v) is 8.32. The van der Waals surface area contributed by atoms with Crippen LogP contribution in [0.1, 0.15) is 25.7 Å². The number of aliphatic carboxylic acids is 1. The molecular formula is C17H25N3O5S. The largest absolute Gasteiger partial charge is 0.481 e. The lowest BCUT2D eigenvalue weighted by Crippen LogP contribution is -2.28. The number of carboxylic acid groups (broad SMARTS) is 1. The van der Waals surface area contributed by atoms with Crippen molar-refractivity contribution in [3.8, 4) is 0 Å². The van der Waals surface area contributed by atoms with E-state index < -0.39 is 16.0 Å². The van der Waals surface area contributed by atoms with Gasteiger partial charge in [-0.3, -0.25) is 9.59 Å². The van der Waals surface area contributed by atoms with Gasteiger partial charge in [0, 0.05) is 38.3 Å². The van der Waals surface area contributed by atoms with Crippen molar-refractivity contribution in [3.05, 3.63) is 24.3 Å². The highest BCUT2D eigenvalue weighted by Gasteiger charge is 2.26. The minimum atomic E-state index is -3.45. The van der Waals surface area contributed by atoms with Crippen molar-refractivity contribution >= 4 is 27.6 Å². The Kier molecular flexibility index (Phi) is 7.13. The second kappa shape index (κ2) is 9.11. The molecule has 8 nitrogen and oxygen atoms in total. The fourth-order valence-electron chi connectivity index (χ4n) is 2.70. The van der Waals surface area contributed by atoms with Gasteiger partial charge in [0.05, 0.1) is 11.3 Å². The van der Waals surface area contributed by atoms with Gasteiger partial charge in [0.25, 0.3) is 0 Å². The molecule has 1 aromatic carbocycles. The zero-order valence-corrected chi connectivity index (χ0v) is 15.7. The Morgan fingerprint density at radius 1 is 1.12 bits per heavy atom. The Hall–Kier alpha value is -1.97.